The van der Waals surface area contributed by atoms with Gasteiger partial charge in [-0.2, -0.15) is 0 Å². The number of ether oxygens (including phenoxy) is 1. The number of Topliss-reactive ketones (excluding diaryl/α,β-unsaturated/α-hetero) is 1. The van der Waals surface area contributed by atoms with E-state index in [9.17, 15) is 9.59 Å². The minimum absolute atomic E-state index is 0.0946. The average molecular weight is 313 g/mol. The molecule has 2 bridgehead atoms. The quantitative estimate of drug-likeness (QED) is 0.925. The van der Waals surface area contributed by atoms with E-state index in [2.05, 4.69) is 29.6 Å². The SMILES string of the molecule is O=C(N[C@H]1CCC1=O)OCc1ccc(C2CC3CCC2C3)cc1. The standard InChI is InChI=1S/C19H23NO3/c21-18-8-7-17(18)20-19(22)23-11-12-1-4-14(5-2-12)16-10-13-3-6-15(16)9-13/h1-2,4-5,13,15-17H,3,6-11H2,(H,20,22)/t13?,15?,16?,17-/m0/s1. The van der Waals surface area contributed by atoms with Crippen molar-refractivity contribution in [1.82, 2.24) is 5.32 Å². The number of hydrogen-bond acceptors (Lipinski definition) is 3. The van der Waals surface area contributed by atoms with Crippen molar-refractivity contribution in [1.29, 1.82) is 0 Å². The summed E-state index contributed by atoms with van der Waals surface area (Å²) in [4.78, 5) is 22.8. The van der Waals surface area contributed by atoms with E-state index < -0.39 is 6.09 Å². The maximum Gasteiger partial charge on any atom is 0.408 e. The van der Waals surface area contributed by atoms with E-state index in [0.717, 1.165) is 29.7 Å². The fourth-order valence-electron chi connectivity index (χ4n) is 4.41. The first kappa shape index (κ1) is 14.7. The first-order chi connectivity index (χ1) is 11.2. The first-order valence-electron chi connectivity index (χ1n) is 8.74. The van der Waals surface area contributed by atoms with Crippen LogP contribution in [0.1, 0.15) is 55.6 Å². The summed E-state index contributed by atoms with van der Waals surface area (Å²) in [6.07, 6.45) is 6.36. The van der Waals surface area contributed by atoms with Gasteiger partial charge in [0.05, 0.1) is 6.04 Å². The van der Waals surface area contributed by atoms with E-state index in [-0.39, 0.29) is 18.4 Å². The Bertz CT molecular complexity index is 610. The summed E-state index contributed by atoms with van der Waals surface area (Å²) in [5.74, 6) is 2.66. The van der Waals surface area contributed by atoms with E-state index in [0.29, 0.717) is 6.42 Å². The number of carbonyl (C=O) groups is 2. The van der Waals surface area contributed by atoms with E-state index in [4.69, 9.17) is 4.74 Å². The Morgan fingerprint density at radius 2 is 1.96 bits per heavy atom. The highest BCUT2D eigenvalue weighted by atomic mass is 16.5. The van der Waals surface area contributed by atoms with Crippen LogP contribution in [0.2, 0.25) is 0 Å². The zero-order valence-electron chi connectivity index (χ0n) is 13.3. The summed E-state index contributed by atoms with van der Waals surface area (Å²) in [7, 11) is 0. The van der Waals surface area contributed by atoms with Crippen LogP contribution in [0.5, 0.6) is 0 Å². The molecule has 1 aromatic rings. The first-order valence-corrected chi connectivity index (χ1v) is 8.74. The summed E-state index contributed by atoms with van der Waals surface area (Å²) >= 11 is 0. The Morgan fingerprint density at radius 1 is 1.13 bits per heavy atom. The van der Waals surface area contributed by atoms with Gasteiger partial charge < -0.3 is 10.1 Å². The lowest BCUT2D eigenvalue weighted by Crippen LogP contribution is -2.47. The highest BCUT2D eigenvalue weighted by molar-refractivity contribution is 5.92. The van der Waals surface area contributed by atoms with E-state index in [1.807, 2.05) is 0 Å². The second-order valence-electron chi connectivity index (χ2n) is 7.30. The Morgan fingerprint density at radius 3 is 2.52 bits per heavy atom. The van der Waals surface area contributed by atoms with Crippen LogP contribution in [0.3, 0.4) is 0 Å². The van der Waals surface area contributed by atoms with Gasteiger partial charge in [0.1, 0.15) is 6.61 Å². The fourth-order valence-corrected chi connectivity index (χ4v) is 4.41. The van der Waals surface area contributed by atoms with Crippen LogP contribution < -0.4 is 5.32 Å². The maximum absolute atomic E-state index is 11.6. The summed E-state index contributed by atoms with van der Waals surface area (Å²) in [6.45, 7) is 0.254. The minimum Gasteiger partial charge on any atom is -0.445 e. The summed E-state index contributed by atoms with van der Waals surface area (Å²) in [5, 5.41) is 2.60. The summed E-state index contributed by atoms with van der Waals surface area (Å²) < 4.78 is 5.20. The lowest BCUT2D eigenvalue weighted by Gasteiger charge is -2.24. The Balaban J connectivity index is 1.28. The van der Waals surface area contributed by atoms with Gasteiger partial charge in [-0.1, -0.05) is 30.7 Å². The largest absolute Gasteiger partial charge is 0.445 e. The highest BCUT2D eigenvalue weighted by Crippen LogP contribution is 2.52. The number of amides is 1. The zero-order chi connectivity index (χ0) is 15.8. The smallest absolute Gasteiger partial charge is 0.408 e. The van der Waals surface area contributed by atoms with Gasteiger partial charge in [0, 0.05) is 6.42 Å². The second kappa shape index (κ2) is 5.99. The van der Waals surface area contributed by atoms with Crippen LogP contribution in [-0.4, -0.2) is 17.9 Å². The molecule has 23 heavy (non-hydrogen) atoms. The van der Waals surface area contributed by atoms with Crippen LogP contribution in [0.25, 0.3) is 0 Å². The number of nitrogens with one attached hydrogen (secondary N) is 1. The van der Waals surface area contributed by atoms with Gasteiger partial charge >= 0.3 is 6.09 Å². The predicted octanol–water partition coefficient (Wildman–Crippen LogP) is 3.55. The normalized spacial score (nSPS) is 31.7. The minimum atomic E-state index is -0.500. The number of ketones is 1. The van der Waals surface area contributed by atoms with Gasteiger partial charge in [0.15, 0.2) is 5.78 Å². The van der Waals surface area contributed by atoms with Gasteiger partial charge in [-0.25, -0.2) is 4.79 Å². The van der Waals surface area contributed by atoms with Crippen molar-refractivity contribution in [2.24, 2.45) is 11.8 Å². The molecule has 3 aliphatic carbocycles. The molecular weight excluding hydrogens is 290 g/mol. The Hall–Kier alpha value is -1.84. The summed E-state index contributed by atoms with van der Waals surface area (Å²) in [6, 6.07) is 8.17. The third-order valence-electron chi connectivity index (χ3n) is 5.88. The van der Waals surface area contributed by atoms with Crippen LogP contribution in [-0.2, 0) is 16.1 Å². The van der Waals surface area contributed by atoms with Crippen LogP contribution in [0, 0.1) is 11.8 Å². The number of hydrogen-bond donors (Lipinski definition) is 1. The maximum atomic E-state index is 11.6. The molecule has 3 unspecified atom stereocenters. The highest BCUT2D eigenvalue weighted by Gasteiger charge is 2.39. The molecule has 4 nitrogen and oxygen atoms in total. The predicted molar refractivity (Wildman–Crippen MR) is 86.0 cm³/mol. The van der Waals surface area contributed by atoms with Crippen molar-refractivity contribution < 1.29 is 14.3 Å². The van der Waals surface area contributed by atoms with Crippen molar-refractivity contribution in [2.75, 3.05) is 0 Å². The molecule has 4 heteroatoms. The molecule has 3 saturated carbocycles. The Labute approximate surface area is 136 Å². The molecule has 1 amide bonds. The lowest BCUT2D eigenvalue weighted by atomic mass is 9.83. The molecule has 1 aromatic carbocycles. The van der Waals surface area contributed by atoms with Crippen molar-refractivity contribution in [2.45, 2.75) is 57.1 Å². The van der Waals surface area contributed by atoms with E-state index in [1.165, 1.54) is 31.2 Å². The van der Waals surface area contributed by atoms with Gasteiger partial charge in [0.2, 0.25) is 0 Å². The number of rotatable bonds is 4. The monoisotopic (exact) mass is 313 g/mol. The number of carbonyl (C=O) groups excluding carboxylic acids is 2. The molecule has 4 atom stereocenters. The number of alkyl carbamates (subject to hydrolysis) is 1. The lowest BCUT2D eigenvalue weighted by molar-refractivity contribution is -0.126. The van der Waals surface area contributed by atoms with Gasteiger partial charge in [-0.3, -0.25) is 4.79 Å². The van der Waals surface area contributed by atoms with Crippen LogP contribution in [0.15, 0.2) is 24.3 Å². The molecule has 0 radical (unpaired) electrons. The van der Waals surface area contributed by atoms with Gasteiger partial charge in [-0.15, -0.1) is 0 Å². The van der Waals surface area contributed by atoms with E-state index >= 15 is 0 Å². The number of benzene rings is 1. The van der Waals surface area contributed by atoms with Crippen molar-refractivity contribution in [3.8, 4) is 0 Å². The van der Waals surface area contributed by atoms with E-state index in [1.54, 1.807) is 0 Å². The molecule has 0 heterocycles. The molecule has 0 saturated heterocycles. The molecule has 3 aliphatic rings. The summed E-state index contributed by atoms with van der Waals surface area (Å²) in [5.41, 5.74) is 2.43. The Kier molecular flexibility index (Phi) is 3.83. The molecule has 1 N–H and O–H groups in total. The van der Waals surface area contributed by atoms with Crippen molar-refractivity contribution in [3.05, 3.63) is 35.4 Å². The van der Waals surface area contributed by atoms with Crippen LogP contribution in [0.4, 0.5) is 4.79 Å². The molecule has 122 valence electrons. The van der Waals surface area contributed by atoms with Crippen molar-refractivity contribution >= 4 is 11.9 Å². The second-order valence-corrected chi connectivity index (χ2v) is 7.30. The fraction of sp³-hybridized carbons (Fsp3) is 0.579. The zero-order valence-corrected chi connectivity index (χ0v) is 13.3. The molecule has 0 aliphatic heterocycles. The molecule has 0 aromatic heterocycles. The molecule has 0 spiro atoms. The molecule has 4 rings (SSSR count). The van der Waals surface area contributed by atoms with Crippen LogP contribution >= 0.6 is 0 Å². The topological polar surface area (TPSA) is 55.4 Å². The van der Waals surface area contributed by atoms with Crippen molar-refractivity contribution in [3.63, 3.8) is 0 Å². The average Bonchev–Trinajstić information content (AvgIpc) is 3.20. The van der Waals surface area contributed by atoms with Gasteiger partial charge in [0.25, 0.3) is 0 Å². The number of fused-ring (bicyclic) bond motifs is 2. The van der Waals surface area contributed by atoms with Gasteiger partial charge in [-0.05, 0) is 54.6 Å². The molecule has 3 fully saturated rings. The third-order valence-corrected chi connectivity index (χ3v) is 5.88. The molecular formula is C19H23NO3. The third kappa shape index (κ3) is 2.99.